The van der Waals surface area contributed by atoms with Gasteiger partial charge in [-0.25, -0.2) is 4.98 Å². The summed E-state index contributed by atoms with van der Waals surface area (Å²) in [4.78, 5) is 16.7. The van der Waals surface area contributed by atoms with Gasteiger partial charge in [0.05, 0.1) is 0 Å². The Morgan fingerprint density at radius 2 is 1.93 bits per heavy atom. The zero-order chi connectivity index (χ0) is 19.2. The van der Waals surface area contributed by atoms with Crippen molar-refractivity contribution in [3.05, 3.63) is 47.7 Å². The van der Waals surface area contributed by atoms with Crippen molar-refractivity contribution in [3.63, 3.8) is 0 Å². The molecule has 2 aromatic rings. The highest BCUT2D eigenvalue weighted by Crippen LogP contribution is 2.28. The molecule has 29 heavy (non-hydrogen) atoms. The smallest absolute Gasteiger partial charge is 0.224 e. The number of benzene rings is 1. The van der Waals surface area contributed by atoms with Gasteiger partial charge < -0.3 is 15.4 Å². The van der Waals surface area contributed by atoms with E-state index in [2.05, 4.69) is 22.5 Å². The molecule has 0 aliphatic carbocycles. The van der Waals surface area contributed by atoms with Crippen molar-refractivity contribution in [2.75, 3.05) is 18.4 Å². The fourth-order valence-electron chi connectivity index (χ4n) is 3.55. The van der Waals surface area contributed by atoms with Crippen molar-refractivity contribution in [1.82, 2.24) is 10.3 Å². The first-order chi connectivity index (χ1) is 13.0. The SMILES string of the molecule is Cc1ccnc(Oc2cc(NC(=O)CC(C)C3CCNCC3)ccc2C)c1.Cl.Cl. The van der Waals surface area contributed by atoms with Crippen LogP contribution in [0.2, 0.25) is 0 Å². The number of hydrogen-bond donors (Lipinski definition) is 2. The molecule has 2 heterocycles. The highest BCUT2D eigenvalue weighted by Gasteiger charge is 2.22. The minimum atomic E-state index is 0. The van der Waals surface area contributed by atoms with Crippen molar-refractivity contribution in [1.29, 1.82) is 0 Å². The fraction of sp³-hybridized carbons (Fsp3) is 0.455. The first kappa shape index (κ1) is 25.2. The number of nitrogens with zero attached hydrogens (tertiary/aromatic N) is 1. The fourth-order valence-corrected chi connectivity index (χ4v) is 3.55. The normalized spacial score (nSPS) is 14.9. The number of carbonyl (C=O) groups is 1. The molecule has 160 valence electrons. The Morgan fingerprint density at radius 1 is 1.21 bits per heavy atom. The molecule has 0 spiro atoms. The number of ether oxygens (including phenoxy) is 1. The summed E-state index contributed by atoms with van der Waals surface area (Å²) in [6, 6.07) is 9.56. The van der Waals surface area contributed by atoms with E-state index in [-0.39, 0.29) is 30.7 Å². The molecule has 0 bridgehead atoms. The molecule has 1 aromatic carbocycles. The Bertz CT molecular complexity index is 795. The van der Waals surface area contributed by atoms with Crippen molar-refractivity contribution in [3.8, 4) is 11.6 Å². The van der Waals surface area contributed by atoms with Gasteiger partial charge in [-0.2, -0.15) is 0 Å². The van der Waals surface area contributed by atoms with Gasteiger partial charge in [0.15, 0.2) is 0 Å². The molecule has 2 N–H and O–H groups in total. The zero-order valence-corrected chi connectivity index (χ0v) is 18.9. The van der Waals surface area contributed by atoms with Crippen LogP contribution in [0.5, 0.6) is 11.6 Å². The first-order valence-corrected chi connectivity index (χ1v) is 9.73. The second kappa shape index (κ2) is 12.0. The van der Waals surface area contributed by atoms with E-state index < -0.39 is 0 Å². The van der Waals surface area contributed by atoms with Crippen LogP contribution in [0.1, 0.15) is 37.3 Å². The van der Waals surface area contributed by atoms with Gasteiger partial charge in [0.1, 0.15) is 5.75 Å². The van der Waals surface area contributed by atoms with E-state index in [0.717, 1.165) is 42.7 Å². The van der Waals surface area contributed by atoms with Crippen LogP contribution < -0.4 is 15.4 Å². The Morgan fingerprint density at radius 3 is 2.62 bits per heavy atom. The van der Waals surface area contributed by atoms with E-state index in [4.69, 9.17) is 4.74 Å². The number of rotatable bonds is 6. The average molecular weight is 440 g/mol. The predicted molar refractivity (Wildman–Crippen MR) is 123 cm³/mol. The molecule has 1 aliphatic rings. The molecule has 1 unspecified atom stereocenters. The summed E-state index contributed by atoms with van der Waals surface area (Å²) in [5, 5.41) is 6.40. The molecule has 1 atom stereocenters. The van der Waals surface area contributed by atoms with Crippen LogP contribution in [0, 0.1) is 25.7 Å². The summed E-state index contributed by atoms with van der Waals surface area (Å²) in [5.74, 6) is 2.34. The molecular formula is C22H31Cl2N3O2. The number of halogens is 2. The third kappa shape index (κ3) is 7.50. The minimum absolute atomic E-state index is 0. The van der Waals surface area contributed by atoms with Gasteiger partial charge in [0.25, 0.3) is 0 Å². The van der Waals surface area contributed by atoms with E-state index >= 15 is 0 Å². The molecule has 1 saturated heterocycles. The Balaban J connectivity index is 0.00000210. The van der Waals surface area contributed by atoms with Crippen LogP contribution in [0.15, 0.2) is 36.5 Å². The van der Waals surface area contributed by atoms with Crippen LogP contribution >= 0.6 is 24.8 Å². The lowest BCUT2D eigenvalue weighted by Gasteiger charge is -2.27. The number of aryl methyl sites for hydroxylation is 2. The number of aromatic nitrogens is 1. The molecule has 0 radical (unpaired) electrons. The standard InChI is InChI=1S/C22H29N3O2.2ClH/c1-15-6-11-24-22(12-15)27-20-14-19(5-4-16(20)2)25-21(26)13-17(3)18-7-9-23-10-8-18;;/h4-6,11-12,14,17-18,23H,7-10,13H2,1-3H3,(H,25,26);2*1H. The van der Waals surface area contributed by atoms with Crippen LogP contribution in [-0.4, -0.2) is 24.0 Å². The molecule has 5 nitrogen and oxygen atoms in total. The maximum atomic E-state index is 12.5. The molecule has 1 aliphatic heterocycles. The zero-order valence-electron chi connectivity index (χ0n) is 17.2. The summed E-state index contributed by atoms with van der Waals surface area (Å²) < 4.78 is 5.92. The van der Waals surface area contributed by atoms with Crippen molar-refractivity contribution >= 4 is 36.4 Å². The molecule has 0 saturated carbocycles. The van der Waals surface area contributed by atoms with Crippen LogP contribution in [0.4, 0.5) is 5.69 Å². The second-order valence-electron chi connectivity index (χ2n) is 7.57. The Kier molecular flexibility index (Phi) is 10.4. The summed E-state index contributed by atoms with van der Waals surface area (Å²) in [5.41, 5.74) is 2.85. The van der Waals surface area contributed by atoms with Crippen molar-refractivity contribution < 1.29 is 9.53 Å². The third-order valence-electron chi connectivity index (χ3n) is 5.27. The number of pyridine rings is 1. The number of nitrogens with one attached hydrogen (secondary N) is 2. The maximum Gasteiger partial charge on any atom is 0.224 e. The Hall–Kier alpha value is -1.82. The molecule has 1 amide bonds. The Labute approximate surface area is 185 Å². The van der Waals surface area contributed by atoms with Gasteiger partial charge in [0, 0.05) is 30.4 Å². The lowest BCUT2D eigenvalue weighted by Crippen LogP contribution is -2.32. The first-order valence-electron chi connectivity index (χ1n) is 9.73. The van der Waals surface area contributed by atoms with Gasteiger partial charge in [-0.3, -0.25) is 4.79 Å². The largest absolute Gasteiger partial charge is 0.439 e. The topological polar surface area (TPSA) is 63.2 Å². The monoisotopic (exact) mass is 439 g/mol. The number of piperidine rings is 1. The van der Waals surface area contributed by atoms with Gasteiger partial charge in [-0.1, -0.05) is 13.0 Å². The highest BCUT2D eigenvalue weighted by molar-refractivity contribution is 5.91. The van der Waals surface area contributed by atoms with Crippen LogP contribution in [0.3, 0.4) is 0 Å². The number of hydrogen-bond acceptors (Lipinski definition) is 4. The molecule has 1 aromatic heterocycles. The number of carbonyl (C=O) groups excluding carboxylic acids is 1. The van der Waals surface area contributed by atoms with E-state index in [0.29, 0.717) is 29.9 Å². The number of amides is 1. The predicted octanol–water partition coefficient (Wildman–Crippen LogP) is 5.30. The van der Waals surface area contributed by atoms with Gasteiger partial charge >= 0.3 is 0 Å². The molecule has 3 rings (SSSR count). The third-order valence-corrected chi connectivity index (χ3v) is 5.27. The van der Waals surface area contributed by atoms with E-state index in [1.165, 1.54) is 0 Å². The molecule has 7 heteroatoms. The summed E-state index contributed by atoms with van der Waals surface area (Å²) in [6.07, 6.45) is 4.59. The molecular weight excluding hydrogens is 409 g/mol. The van der Waals surface area contributed by atoms with Crippen LogP contribution in [0.25, 0.3) is 0 Å². The molecule has 1 fully saturated rings. The van der Waals surface area contributed by atoms with Crippen molar-refractivity contribution in [2.24, 2.45) is 11.8 Å². The lowest BCUT2D eigenvalue weighted by atomic mass is 9.84. The van der Waals surface area contributed by atoms with Gasteiger partial charge in [-0.05, 0) is 74.9 Å². The van der Waals surface area contributed by atoms with Gasteiger partial charge in [-0.15, -0.1) is 24.8 Å². The number of anilines is 1. The lowest BCUT2D eigenvalue weighted by molar-refractivity contribution is -0.117. The summed E-state index contributed by atoms with van der Waals surface area (Å²) in [7, 11) is 0. The quantitative estimate of drug-likeness (QED) is 0.640. The summed E-state index contributed by atoms with van der Waals surface area (Å²) in [6.45, 7) is 8.28. The minimum Gasteiger partial charge on any atom is -0.439 e. The average Bonchev–Trinajstić information content (AvgIpc) is 2.65. The van der Waals surface area contributed by atoms with Crippen LogP contribution in [-0.2, 0) is 4.79 Å². The maximum absolute atomic E-state index is 12.5. The second-order valence-corrected chi connectivity index (χ2v) is 7.57. The summed E-state index contributed by atoms with van der Waals surface area (Å²) >= 11 is 0. The van der Waals surface area contributed by atoms with Crippen molar-refractivity contribution in [2.45, 2.75) is 40.0 Å². The van der Waals surface area contributed by atoms with Gasteiger partial charge in [0.2, 0.25) is 11.8 Å². The van der Waals surface area contributed by atoms with E-state index in [9.17, 15) is 4.79 Å². The van der Waals surface area contributed by atoms with E-state index in [1.807, 2.05) is 44.2 Å². The van der Waals surface area contributed by atoms with E-state index in [1.54, 1.807) is 6.20 Å². The highest BCUT2D eigenvalue weighted by atomic mass is 35.5.